The van der Waals surface area contributed by atoms with E-state index in [4.69, 9.17) is 0 Å². The molecule has 2 aliphatic heterocycles. The number of para-hydroxylation sites is 1. The first kappa shape index (κ1) is 19.0. The van der Waals surface area contributed by atoms with Gasteiger partial charge in [-0.3, -0.25) is 14.5 Å². The average molecular weight is 396 g/mol. The fourth-order valence-electron chi connectivity index (χ4n) is 3.80. The molecule has 4 rings (SSSR count). The summed E-state index contributed by atoms with van der Waals surface area (Å²) in [5.74, 6) is 0.283. The lowest BCUT2D eigenvalue weighted by molar-refractivity contribution is -0.123. The maximum absolute atomic E-state index is 12.4. The summed E-state index contributed by atoms with van der Waals surface area (Å²) in [6.45, 7) is 3.75. The zero-order chi connectivity index (χ0) is 19.3. The van der Waals surface area contributed by atoms with Gasteiger partial charge in [-0.25, -0.2) is 0 Å². The van der Waals surface area contributed by atoms with Crippen LogP contribution in [0.3, 0.4) is 0 Å². The van der Waals surface area contributed by atoms with Crippen molar-refractivity contribution in [3.63, 3.8) is 0 Å². The molecular weight excluding hydrogens is 370 g/mol. The van der Waals surface area contributed by atoms with E-state index >= 15 is 0 Å². The second-order valence-corrected chi connectivity index (χ2v) is 8.25. The molecule has 0 unspecified atom stereocenters. The van der Waals surface area contributed by atoms with Crippen LogP contribution in [0, 0.1) is 0 Å². The second-order valence-electron chi connectivity index (χ2n) is 7.23. The number of nitrogens with one attached hydrogen (secondary N) is 1. The molecule has 0 spiro atoms. The smallest absolute Gasteiger partial charge is 0.240 e. The van der Waals surface area contributed by atoms with Crippen LogP contribution in [-0.4, -0.2) is 48.6 Å². The van der Waals surface area contributed by atoms with Gasteiger partial charge in [-0.2, -0.15) is 0 Å². The zero-order valence-corrected chi connectivity index (χ0v) is 16.7. The number of fused-ring (bicyclic) bond motifs is 2. The van der Waals surface area contributed by atoms with Gasteiger partial charge in [0.15, 0.2) is 0 Å². The van der Waals surface area contributed by atoms with Crippen molar-refractivity contribution in [3.05, 3.63) is 59.7 Å². The predicted octanol–water partition coefficient (Wildman–Crippen LogP) is 2.69. The number of anilines is 1. The maximum Gasteiger partial charge on any atom is 0.240 e. The summed E-state index contributed by atoms with van der Waals surface area (Å²) in [6.07, 6.45) is 2.01. The van der Waals surface area contributed by atoms with E-state index in [1.807, 2.05) is 24.3 Å². The first-order valence-corrected chi connectivity index (χ1v) is 10.8. The summed E-state index contributed by atoms with van der Waals surface area (Å²) in [5.41, 5.74) is 3.71. The molecule has 2 heterocycles. The van der Waals surface area contributed by atoms with E-state index in [1.54, 1.807) is 4.90 Å². The van der Waals surface area contributed by atoms with E-state index in [0.29, 0.717) is 12.3 Å². The van der Waals surface area contributed by atoms with Crippen LogP contribution in [0.4, 0.5) is 5.69 Å². The van der Waals surface area contributed by atoms with E-state index < -0.39 is 0 Å². The van der Waals surface area contributed by atoms with Gasteiger partial charge in [-0.1, -0.05) is 36.4 Å². The fourth-order valence-corrected chi connectivity index (χ4v) is 4.74. The van der Waals surface area contributed by atoms with Gasteiger partial charge in [-0.05, 0) is 36.1 Å². The number of hydrogen-bond donors (Lipinski definition) is 1. The lowest BCUT2D eigenvalue weighted by atomic mass is 10.00. The van der Waals surface area contributed by atoms with Gasteiger partial charge in [0, 0.05) is 31.1 Å². The molecule has 0 saturated carbocycles. The van der Waals surface area contributed by atoms with Crippen LogP contribution in [0.25, 0.3) is 0 Å². The topological polar surface area (TPSA) is 52.7 Å². The Morgan fingerprint density at radius 1 is 1.07 bits per heavy atom. The Morgan fingerprint density at radius 2 is 1.86 bits per heavy atom. The van der Waals surface area contributed by atoms with Crippen LogP contribution in [0.2, 0.25) is 0 Å². The molecule has 2 aliphatic rings. The number of nitrogens with zero attached hydrogens (tertiary/aromatic N) is 2. The van der Waals surface area contributed by atoms with Gasteiger partial charge < -0.3 is 10.2 Å². The predicted molar refractivity (Wildman–Crippen MR) is 113 cm³/mol. The minimum absolute atomic E-state index is 0.00849. The third-order valence-electron chi connectivity index (χ3n) is 5.29. The Hall–Kier alpha value is -2.31. The normalized spacial score (nSPS) is 16.4. The van der Waals surface area contributed by atoms with Crippen molar-refractivity contribution in [2.75, 3.05) is 36.8 Å². The largest absolute Gasteiger partial charge is 0.355 e. The summed E-state index contributed by atoms with van der Waals surface area (Å²) < 4.78 is 0. The van der Waals surface area contributed by atoms with Gasteiger partial charge in [0.05, 0.1) is 11.4 Å². The van der Waals surface area contributed by atoms with Gasteiger partial charge >= 0.3 is 0 Å². The van der Waals surface area contributed by atoms with E-state index in [1.165, 1.54) is 22.9 Å². The molecule has 28 heavy (non-hydrogen) atoms. The van der Waals surface area contributed by atoms with Gasteiger partial charge in [0.2, 0.25) is 11.8 Å². The number of carbonyl (C=O) groups excluding carboxylic acids is 2. The van der Waals surface area contributed by atoms with E-state index in [-0.39, 0.29) is 18.4 Å². The van der Waals surface area contributed by atoms with Crippen LogP contribution in [0.5, 0.6) is 0 Å². The highest BCUT2D eigenvalue weighted by Crippen LogP contribution is 2.34. The molecule has 146 valence electrons. The Balaban J connectivity index is 1.22. The summed E-state index contributed by atoms with van der Waals surface area (Å²) >= 11 is 1.53. The van der Waals surface area contributed by atoms with Crippen molar-refractivity contribution < 1.29 is 9.59 Å². The van der Waals surface area contributed by atoms with Crippen molar-refractivity contribution in [1.82, 2.24) is 10.2 Å². The Morgan fingerprint density at radius 3 is 2.75 bits per heavy atom. The van der Waals surface area contributed by atoms with Crippen molar-refractivity contribution >= 4 is 29.3 Å². The first-order valence-electron chi connectivity index (χ1n) is 9.79. The summed E-state index contributed by atoms with van der Waals surface area (Å²) in [4.78, 5) is 29.7. The highest BCUT2D eigenvalue weighted by molar-refractivity contribution is 8.00. The highest BCUT2D eigenvalue weighted by atomic mass is 32.2. The molecule has 0 fully saturated rings. The van der Waals surface area contributed by atoms with Crippen molar-refractivity contribution in [1.29, 1.82) is 0 Å². The quantitative estimate of drug-likeness (QED) is 0.764. The van der Waals surface area contributed by atoms with Crippen LogP contribution in [0.1, 0.15) is 17.5 Å². The monoisotopic (exact) mass is 395 g/mol. The molecule has 0 aliphatic carbocycles. The molecule has 1 N–H and O–H groups in total. The van der Waals surface area contributed by atoms with Crippen molar-refractivity contribution in [2.45, 2.75) is 24.3 Å². The third kappa shape index (κ3) is 4.39. The number of amides is 2. The molecule has 0 saturated heterocycles. The van der Waals surface area contributed by atoms with E-state index in [0.717, 1.165) is 43.1 Å². The molecule has 0 radical (unpaired) electrons. The Kier molecular flexibility index (Phi) is 5.98. The molecular formula is C22H25N3O2S. The summed E-state index contributed by atoms with van der Waals surface area (Å²) in [7, 11) is 0. The Bertz CT molecular complexity index is 870. The van der Waals surface area contributed by atoms with Crippen LogP contribution >= 0.6 is 11.8 Å². The molecule has 0 aromatic heterocycles. The van der Waals surface area contributed by atoms with Crippen molar-refractivity contribution in [2.24, 2.45) is 0 Å². The molecule has 2 aromatic rings. The van der Waals surface area contributed by atoms with E-state index in [9.17, 15) is 9.59 Å². The van der Waals surface area contributed by atoms with Gasteiger partial charge in [-0.15, -0.1) is 11.8 Å². The maximum atomic E-state index is 12.4. The van der Waals surface area contributed by atoms with Crippen LogP contribution < -0.4 is 10.2 Å². The molecule has 6 heteroatoms. The zero-order valence-electron chi connectivity index (χ0n) is 15.9. The highest BCUT2D eigenvalue weighted by Gasteiger charge is 2.26. The average Bonchev–Trinajstić information content (AvgIpc) is 2.73. The van der Waals surface area contributed by atoms with Gasteiger partial charge in [0.1, 0.15) is 6.54 Å². The SMILES string of the molecule is O=C(CN1C(=O)CSc2ccccc21)NCCCN1CCc2ccccc2C1. The number of benzene rings is 2. The van der Waals surface area contributed by atoms with Gasteiger partial charge in [0.25, 0.3) is 0 Å². The van der Waals surface area contributed by atoms with Crippen LogP contribution in [0.15, 0.2) is 53.4 Å². The van der Waals surface area contributed by atoms with E-state index in [2.05, 4.69) is 34.5 Å². The minimum atomic E-state index is -0.0981. The molecule has 0 bridgehead atoms. The molecule has 2 aromatic carbocycles. The third-order valence-corrected chi connectivity index (χ3v) is 6.34. The number of rotatable bonds is 6. The van der Waals surface area contributed by atoms with Crippen molar-refractivity contribution in [3.8, 4) is 0 Å². The van der Waals surface area contributed by atoms with Crippen LogP contribution in [-0.2, 0) is 22.6 Å². The minimum Gasteiger partial charge on any atom is -0.355 e. The second kappa shape index (κ2) is 8.80. The standard InChI is InChI=1S/C22H25N3O2S/c26-21(15-25-19-8-3-4-9-20(19)28-16-22(25)27)23-11-5-12-24-13-10-17-6-1-2-7-18(17)14-24/h1-4,6-9H,5,10-16H2,(H,23,26). The number of carbonyl (C=O) groups is 2. The molecule has 5 nitrogen and oxygen atoms in total. The Labute approximate surface area is 170 Å². The first-order chi connectivity index (χ1) is 13.7. The lowest BCUT2D eigenvalue weighted by Crippen LogP contribution is -2.43. The number of thioether (sulfide) groups is 1. The summed E-state index contributed by atoms with van der Waals surface area (Å²) in [5, 5.41) is 2.97. The lowest BCUT2D eigenvalue weighted by Gasteiger charge is -2.29. The molecule has 0 atom stereocenters. The molecule has 2 amide bonds. The summed E-state index contributed by atoms with van der Waals surface area (Å²) in [6, 6.07) is 16.4. The number of hydrogen-bond acceptors (Lipinski definition) is 4. The fraction of sp³-hybridized carbons (Fsp3) is 0.364.